The molecule has 0 amide bonds. The maximum absolute atomic E-state index is 15.5. The van der Waals surface area contributed by atoms with Gasteiger partial charge < -0.3 is 0 Å². The molecule has 0 radical (unpaired) electrons. The van der Waals surface area contributed by atoms with Crippen molar-refractivity contribution in [2.24, 2.45) is 17.8 Å². The van der Waals surface area contributed by atoms with Crippen LogP contribution in [0.2, 0.25) is 0 Å². The van der Waals surface area contributed by atoms with Crippen molar-refractivity contribution in [3.63, 3.8) is 0 Å². The van der Waals surface area contributed by atoms with Gasteiger partial charge in [-0.1, -0.05) is 139 Å². The fourth-order valence-corrected chi connectivity index (χ4v) is 8.06. The Bertz CT molecular complexity index is 1410. The maximum Gasteiger partial charge on any atom is 0.166 e. The first kappa shape index (κ1) is 34.5. The molecule has 0 aliphatic heterocycles. The Hall–Kier alpha value is -2.81. The van der Waals surface area contributed by atoms with Crippen molar-refractivity contribution in [2.45, 2.75) is 129 Å². The normalized spacial score (nSPS) is 20.1. The van der Waals surface area contributed by atoms with E-state index in [0.29, 0.717) is 17.5 Å². The van der Waals surface area contributed by atoms with E-state index in [9.17, 15) is 4.39 Å². The molecule has 0 heterocycles. The summed E-state index contributed by atoms with van der Waals surface area (Å²) >= 11 is 0. The van der Waals surface area contributed by atoms with Gasteiger partial charge in [0.1, 0.15) is 5.82 Å². The zero-order chi connectivity index (χ0) is 32.3. The molecule has 0 saturated heterocycles. The van der Waals surface area contributed by atoms with Gasteiger partial charge in [0.2, 0.25) is 0 Å². The molecule has 0 nitrogen and oxygen atoms in total. The van der Waals surface area contributed by atoms with E-state index in [-0.39, 0.29) is 11.4 Å². The van der Waals surface area contributed by atoms with Gasteiger partial charge >= 0.3 is 0 Å². The van der Waals surface area contributed by atoms with E-state index in [0.717, 1.165) is 78.5 Å². The molecule has 1 atom stereocenters. The van der Waals surface area contributed by atoms with Crippen molar-refractivity contribution < 1.29 is 13.2 Å². The minimum Gasteiger partial charge on any atom is -0.206 e. The van der Waals surface area contributed by atoms with E-state index < -0.39 is 11.6 Å². The second-order valence-corrected chi connectivity index (χ2v) is 14.2. The van der Waals surface area contributed by atoms with Crippen LogP contribution in [-0.2, 0) is 6.42 Å². The summed E-state index contributed by atoms with van der Waals surface area (Å²) < 4.78 is 45.5. The second kappa shape index (κ2) is 17.4. The molecular formula is C43H55F3. The predicted molar refractivity (Wildman–Crippen MR) is 189 cm³/mol. The Morgan fingerprint density at radius 1 is 0.587 bits per heavy atom. The van der Waals surface area contributed by atoms with Crippen LogP contribution in [0, 0.1) is 35.2 Å². The fraction of sp³-hybridized carbons (Fsp3) is 0.535. The van der Waals surface area contributed by atoms with Gasteiger partial charge in [-0.05, 0) is 96.6 Å². The molecule has 1 unspecified atom stereocenters. The van der Waals surface area contributed by atoms with E-state index in [1.165, 1.54) is 70.6 Å². The molecule has 3 aromatic carbocycles. The van der Waals surface area contributed by atoms with Crippen LogP contribution < -0.4 is 0 Å². The molecule has 0 N–H and O–H groups in total. The lowest BCUT2D eigenvalue weighted by Crippen LogP contribution is -2.23. The smallest absolute Gasteiger partial charge is 0.166 e. The van der Waals surface area contributed by atoms with Crippen molar-refractivity contribution in [1.29, 1.82) is 0 Å². The summed E-state index contributed by atoms with van der Waals surface area (Å²) in [6, 6.07) is 16.3. The highest BCUT2D eigenvalue weighted by Crippen LogP contribution is 2.43. The van der Waals surface area contributed by atoms with E-state index in [2.05, 4.69) is 19.9 Å². The van der Waals surface area contributed by atoms with Crippen LogP contribution in [0.15, 0.2) is 60.7 Å². The number of allylic oxidation sites excluding steroid dienone is 2. The van der Waals surface area contributed by atoms with Gasteiger partial charge in [-0.2, -0.15) is 0 Å². The Morgan fingerprint density at radius 3 is 1.93 bits per heavy atom. The zero-order valence-corrected chi connectivity index (χ0v) is 28.4. The highest BCUT2D eigenvalue weighted by molar-refractivity contribution is 5.74. The van der Waals surface area contributed by atoms with Crippen LogP contribution in [0.3, 0.4) is 0 Å². The van der Waals surface area contributed by atoms with Crippen LogP contribution in [0.5, 0.6) is 0 Å². The second-order valence-electron chi connectivity index (χ2n) is 14.2. The van der Waals surface area contributed by atoms with Gasteiger partial charge in [0.15, 0.2) is 11.6 Å². The zero-order valence-electron chi connectivity index (χ0n) is 28.4. The fourth-order valence-electron chi connectivity index (χ4n) is 8.06. The maximum atomic E-state index is 15.5. The van der Waals surface area contributed by atoms with E-state index >= 15 is 8.78 Å². The number of hydrogen-bond donors (Lipinski definition) is 0. The van der Waals surface area contributed by atoms with Gasteiger partial charge in [-0.3, -0.25) is 0 Å². The molecule has 3 heteroatoms. The summed E-state index contributed by atoms with van der Waals surface area (Å²) in [6.45, 7) is 4.47. The topological polar surface area (TPSA) is 0 Å². The summed E-state index contributed by atoms with van der Waals surface area (Å²) in [6.07, 6.45) is 23.8. The summed E-state index contributed by atoms with van der Waals surface area (Å²) in [4.78, 5) is 0. The van der Waals surface area contributed by atoms with Gasteiger partial charge in [0.25, 0.3) is 0 Å². The van der Waals surface area contributed by atoms with Crippen LogP contribution in [-0.4, -0.2) is 0 Å². The van der Waals surface area contributed by atoms with Crippen molar-refractivity contribution >= 4 is 5.57 Å². The highest BCUT2D eigenvalue weighted by Gasteiger charge is 2.29. The third kappa shape index (κ3) is 8.96. The molecule has 248 valence electrons. The first-order chi connectivity index (χ1) is 22.5. The largest absolute Gasteiger partial charge is 0.206 e. The van der Waals surface area contributed by atoms with Crippen LogP contribution in [0.4, 0.5) is 13.2 Å². The average molecular weight is 629 g/mol. The number of hydrogen-bond acceptors (Lipinski definition) is 0. The van der Waals surface area contributed by atoms with Crippen molar-refractivity contribution in [3.05, 3.63) is 89.3 Å². The molecule has 3 aromatic rings. The Labute approximate surface area is 276 Å². The van der Waals surface area contributed by atoms with Gasteiger partial charge in [-0.25, -0.2) is 13.2 Å². The van der Waals surface area contributed by atoms with Crippen LogP contribution in [0.1, 0.15) is 134 Å². The lowest BCUT2D eigenvalue weighted by Gasteiger charge is -2.35. The Balaban J connectivity index is 1.16. The molecule has 0 spiro atoms. The number of benzene rings is 3. The summed E-state index contributed by atoms with van der Waals surface area (Å²) in [5.74, 6) is 0.815. The summed E-state index contributed by atoms with van der Waals surface area (Å²) in [7, 11) is 0. The van der Waals surface area contributed by atoms with Crippen molar-refractivity contribution in [3.8, 4) is 22.3 Å². The molecule has 2 aliphatic rings. The quantitative estimate of drug-likeness (QED) is 0.147. The summed E-state index contributed by atoms with van der Waals surface area (Å²) in [5, 5.41) is 0. The molecule has 46 heavy (non-hydrogen) atoms. The average Bonchev–Trinajstić information content (AvgIpc) is 3.09. The highest BCUT2D eigenvalue weighted by atomic mass is 19.2. The molecule has 5 rings (SSSR count). The first-order valence-electron chi connectivity index (χ1n) is 18.5. The molecule has 1 fully saturated rings. The number of aryl methyl sites for hydroxylation is 1. The van der Waals surface area contributed by atoms with Gasteiger partial charge in [0, 0.05) is 11.1 Å². The van der Waals surface area contributed by atoms with Crippen molar-refractivity contribution in [2.75, 3.05) is 0 Å². The van der Waals surface area contributed by atoms with Gasteiger partial charge in [-0.15, -0.1) is 0 Å². The molecule has 2 aliphatic carbocycles. The molecule has 1 saturated carbocycles. The number of unbranched alkanes of at least 4 members (excludes halogenated alkanes) is 7. The third-order valence-corrected chi connectivity index (χ3v) is 11.0. The van der Waals surface area contributed by atoms with E-state index in [1.54, 1.807) is 30.3 Å². The van der Waals surface area contributed by atoms with E-state index in [1.807, 2.05) is 24.3 Å². The Kier molecular flexibility index (Phi) is 13.0. The standard InChI is InChI=1S/C43H55F3/c1-3-5-7-8-9-11-13-37-26-29-40(43(46)42(37)45)36-24-20-34(21-25-36)38-27-28-39(41(44)30-38)35-22-18-33(19-23-35)32-16-14-31(15-17-32)12-10-6-4-2/h20-22,24-33H,3-19,23H2,1-2H3. The lowest BCUT2D eigenvalue weighted by atomic mass is 9.70. The van der Waals surface area contributed by atoms with E-state index in [4.69, 9.17) is 0 Å². The molecule has 0 bridgehead atoms. The molecular weight excluding hydrogens is 573 g/mol. The van der Waals surface area contributed by atoms with Gasteiger partial charge in [0.05, 0.1) is 0 Å². The third-order valence-electron chi connectivity index (χ3n) is 11.0. The monoisotopic (exact) mass is 628 g/mol. The SMILES string of the molecule is CCCCCCCCc1ccc(-c2ccc(-c3ccc(C4=CCC(C5CCC(CCCCC)CC5)CC4)c(F)c3)cc2)c(F)c1F. The predicted octanol–water partition coefficient (Wildman–Crippen LogP) is 13.9. The minimum absolute atomic E-state index is 0.187. The molecule has 0 aromatic heterocycles. The number of halogens is 3. The van der Waals surface area contributed by atoms with Crippen LogP contribution >= 0.6 is 0 Å². The lowest BCUT2D eigenvalue weighted by molar-refractivity contribution is 0.187. The summed E-state index contributed by atoms with van der Waals surface area (Å²) in [5.41, 5.74) is 4.85. The number of rotatable bonds is 15. The minimum atomic E-state index is -0.787. The van der Waals surface area contributed by atoms with Crippen LogP contribution in [0.25, 0.3) is 27.8 Å². The first-order valence-corrected chi connectivity index (χ1v) is 18.5. The Morgan fingerprint density at radius 2 is 1.24 bits per heavy atom. The van der Waals surface area contributed by atoms with Crippen molar-refractivity contribution in [1.82, 2.24) is 0 Å².